The van der Waals surface area contributed by atoms with Crippen molar-refractivity contribution < 1.29 is 14.0 Å². The number of rotatable bonds is 6. The van der Waals surface area contributed by atoms with E-state index in [1.54, 1.807) is 0 Å². The van der Waals surface area contributed by atoms with E-state index >= 15 is 0 Å². The molecule has 0 unspecified atom stereocenters. The molecular formula is C17H21N3O3S. The van der Waals surface area contributed by atoms with Crippen molar-refractivity contribution in [2.45, 2.75) is 33.1 Å². The molecule has 1 aliphatic rings. The summed E-state index contributed by atoms with van der Waals surface area (Å²) in [7, 11) is 0. The van der Waals surface area contributed by atoms with E-state index in [2.05, 4.69) is 10.3 Å². The summed E-state index contributed by atoms with van der Waals surface area (Å²) in [5, 5.41) is 3.63. The number of carbonyl (C=O) groups excluding carboxylic acids is 2. The third-order valence-electron chi connectivity index (χ3n) is 4.02. The van der Waals surface area contributed by atoms with Gasteiger partial charge in [-0.25, -0.2) is 4.98 Å². The van der Waals surface area contributed by atoms with E-state index in [1.165, 1.54) is 11.3 Å². The average Bonchev–Trinajstić information content (AvgIpc) is 3.24. The molecule has 3 heterocycles. The molecule has 0 atom stereocenters. The number of likely N-dealkylation sites (tertiary alicyclic amines) is 1. The highest BCUT2D eigenvalue weighted by Crippen LogP contribution is 2.29. The molecule has 2 aromatic heterocycles. The molecule has 1 N–H and O–H groups in total. The molecule has 0 bridgehead atoms. The van der Waals surface area contributed by atoms with Crippen LogP contribution in [-0.4, -0.2) is 41.3 Å². The summed E-state index contributed by atoms with van der Waals surface area (Å²) in [4.78, 5) is 30.8. The number of aryl methyl sites for hydroxylation is 2. The SMILES string of the molecule is Cc1ccc(-c2nc(C)c(C(=O)NCCCN3CCCC3=O)s2)o1. The van der Waals surface area contributed by atoms with Crippen LogP contribution in [0.4, 0.5) is 0 Å². The molecule has 6 nitrogen and oxygen atoms in total. The van der Waals surface area contributed by atoms with Gasteiger partial charge in [-0.05, 0) is 38.8 Å². The van der Waals surface area contributed by atoms with Crippen LogP contribution in [0.1, 0.15) is 40.4 Å². The summed E-state index contributed by atoms with van der Waals surface area (Å²) in [5.74, 6) is 1.61. The standard InChI is InChI=1S/C17H21N3O3S/c1-11-6-7-13(23-11)17-19-12(2)15(24-17)16(22)18-8-4-10-20-9-3-5-14(20)21/h6-7H,3-5,8-10H2,1-2H3,(H,18,22). The van der Waals surface area contributed by atoms with Gasteiger partial charge in [-0.3, -0.25) is 9.59 Å². The summed E-state index contributed by atoms with van der Waals surface area (Å²) in [5.41, 5.74) is 0.705. The van der Waals surface area contributed by atoms with Crippen LogP contribution in [0, 0.1) is 13.8 Å². The summed E-state index contributed by atoms with van der Waals surface area (Å²) < 4.78 is 5.56. The molecule has 128 valence electrons. The number of carbonyl (C=O) groups is 2. The maximum Gasteiger partial charge on any atom is 0.263 e. The van der Waals surface area contributed by atoms with Gasteiger partial charge in [-0.2, -0.15) is 0 Å². The first kappa shape index (κ1) is 16.7. The summed E-state index contributed by atoms with van der Waals surface area (Å²) >= 11 is 1.34. The fourth-order valence-corrected chi connectivity index (χ4v) is 3.70. The Kier molecular flexibility index (Phi) is 4.99. The number of aromatic nitrogens is 1. The van der Waals surface area contributed by atoms with Crippen molar-refractivity contribution in [2.75, 3.05) is 19.6 Å². The molecule has 7 heteroatoms. The molecule has 0 aliphatic carbocycles. The second-order valence-corrected chi connectivity index (χ2v) is 6.94. The fourth-order valence-electron chi connectivity index (χ4n) is 2.75. The minimum atomic E-state index is -0.118. The van der Waals surface area contributed by atoms with Crippen LogP contribution in [0.5, 0.6) is 0 Å². The van der Waals surface area contributed by atoms with Crippen molar-refractivity contribution in [2.24, 2.45) is 0 Å². The Labute approximate surface area is 144 Å². The van der Waals surface area contributed by atoms with Crippen LogP contribution >= 0.6 is 11.3 Å². The van der Waals surface area contributed by atoms with Gasteiger partial charge in [-0.1, -0.05) is 0 Å². The topological polar surface area (TPSA) is 75.4 Å². The molecule has 1 fully saturated rings. The van der Waals surface area contributed by atoms with Crippen molar-refractivity contribution in [3.63, 3.8) is 0 Å². The van der Waals surface area contributed by atoms with E-state index < -0.39 is 0 Å². The first-order chi connectivity index (χ1) is 11.5. The van der Waals surface area contributed by atoms with Crippen molar-refractivity contribution >= 4 is 23.2 Å². The van der Waals surface area contributed by atoms with Crippen molar-refractivity contribution in [3.05, 3.63) is 28.5 Å². The van der Waals surface area contributed by atoms with E-state index in [4.69, 9.17) is 4.42 Å². The zero-order chi connectivity index (χ0) is 17.1. The van der Waals surface area contributed by atoms with Gasteiger partial charge in [0.2, 0.25) is 5.91 Å². The Balaban J connectivity index is 1.53. The van der Waals surface area contributed by atoms with Gasteiger partial charge in [0.25, 0.3) is 5.91 Å². The van der Waals surface area contributed by atoms with Crippen LogP contribution in [0.15, 0.2) is 16.5 Å². The number of hydrogen-bond acceptors (Lipinski definition) is 5. The molecule has 0 radical (unpaired) electrons. The van der Waals surface area contributed by atoms with E-state index in [0.29, 0.717) is 40.8 Å². The molecular weight excluding hydrogens is 326 g/mol. The second kappa shape index (κ2) is 7.17. The zero-order valence-corrected chi connectivity index (χ0v) is 14.7. The number of nitrogens with zero attached hydrogens (tertiary/aromatic N) is 2. The van der Waals surface area contributed by atoms with Crippen LogP contribution in [-0.2, 0) is 4.79 Å². The molecule has 2 aromatic rings. The third kappa shape index (κ3) is 3.67. The van der Waals surface area contributed by atoms with E-state index in [1.807, 2.05) is 30.9 Å². The normalized spacial score (nSPS) is 14.4. The molecule has 0 aromatic carbocycles. The van der Waals surface area contributed by atoms with Gasteiger partial charge < -0.3 is 14.6 Å². The molecule has 24 heavy (non-hydrogen) atoms. The Bertz CT molecular complexity index is 750. The van der Waals surface area contributed by atoms with Gasteiger partial charge in [0.15, 0.2) is 10.8 Å². The van der Waals surface area contributed by atoms with Crippen molar-refractivity contribution in [1.29, 1.82) is 0 Å². The molecule has 2 amide bonds. The smallest absolute Gasteiger partial charge is 0.263 e. The predicted octanol–water partition coefficient (Wildman–Crippen LogP) is 2.76. The first-order valence-electron chi connectivity index (χ1n) is 8.15. The predicted molar refractivity (Wildman–Crippen MR) is 92.1 cm³/mol. The number of hydrogen-bond donors (Lipinski definition) is 1. The van der Waals surface area contributed by atoms with Crippen LogP contribution < -0.4 is 5.32 Å². The first-order valence-corrected chi connectivity index (χ1v) is 8.96. The van der Waals surface area contributed by atoms with Gasteiger partial charge in [0, 0.05) is 26.1 Å². The van der Waals surface area contributed by atoms with Crippen LogP contribution in [0.2, 0.25) is 0 Å². The maximum atomic E-state index is 12.3. The van der Waals surface area contributed by atoms with E-state index in [9.17, 15) is 9.59 Å². The lowest BCUT2D eigenvalue weighted by molar-refractivity contribution is -0.127. The Morgan fingerprint density at radius 3 is 2.92 bits per heavy atom. The number of nitrogens with one attached hydrogen (secondary N) is 1. The van der Waals surface area contributed by atoms with Gasteiger partial charge >= 0.3 is 0 Å². The minimum Gasteiger partial charge on any atom is -0.459 e. The lowest BCUT2D eigenvalue weighted by atomic mass is 10.3. The average molecular weight is 347 g/mol. The fraction of sp³-hybridized carbons (Fsp3) is 0.471. The Morgan fingerprint density at radius 2 is 2.25 bits per heavy atom. The Hall–Kier alpha value is -2.15. The number of amides is 2. The largest absolute Gasteiger partial charge is 0.459 e. The zero-order valence-electron chi connectivity index (χ0n) is 13.9. The van der Waals surface area contributed by atoms with Gasteiger partial charge in [0.1, 0.15) is 10.6 Å². The lowest BCUT2D eigenvalue weighted by Crippen LogP contribution is -2.30. The number of thiazole rings is 1. The van der Waals surface area contributed by atoms with E-state index in [0.717, 1.165) is 25.1 Å². The number of furan rings is 1. The van der Waals surface area contributed by atoms with Gasteiger partial charge in [-0.15, -0.1) is 11.3 Å². The molecule has 0 spiro atoms. The van der Waals surface area contributed by atoms with Crippen LogP contribution in [0.25, 0.3) is 10.8 Å². The minimum absolute atomic E-state index is 0.118. The van der Waals surface area contributed by atoms with E-state index in [-0.39, 0.29) is 11.8 Å². The molecule has 3 rings (SSSR count). The highest BCUT2D eigenvalue weighted by atomic mass is 32.1. The quantitative estimate of drug-likeness (QED) is 0.815. The second-order valence-electron chi connectivity index (χ2n) is 5.94. The van der Waals surface area contributed by atoms with Crippen LogP contribution in [0.3, 0.4) is 0 Å². The molecule has 1 aliphatic heterocycles. The van der Waals surface area contributed by atoms with Crippen molar-refractivity contribution in [3.8, 4) is 10.8 Å². The monoisotopic (exact) mass is 347 g/mol. The summed E-state index contributed by atoms with van der Waals surface area (Å²) in [6, 6.07) is 3.74. The molecule has 0 saturated carbocycles. The summed E-state index contributed by atoms with van der Waals surface area (Å²) in [6.07, 6.45) is 2.36. The van der Waals surface area contributed by atoms with Gasteiger partial charge in [0.05, 0.1) is 5.69 Å². The Morgan fingerprint density at radius 1 is 1.42 bits per heavy atom. The summed E-state index contributed by atoms with van der Waals surface area (Å²) in [6.45, 7) is 5.80. The van der Waals surface area contributed by atoms with Crippen molar-refractivity contribution in [1.82, 2.24) is 15.2 Å². The third-order valence-corrected chi connectivity index (χ3v) is 5.19. The highest BCUT2D eigenvalue weighted by molar-refractivity contribution is 7.17. The maximum absolute atomic E-state index is 12.3. The molecule has 1 saturated heterocycles. The lowest BCUT2D eigenvalue weighted by Gasteiger charge is -2.15. The highest BCUT2D eigenvalue weighted by Gasteiger charge is 2.20.